The van der Waals surface area contributed by atoms with Gasteiger partial charge in [-0.3, -0.25) is 4.57 Å². The second-order valence-corrected chi connectivity index (χ2v) is 8.78. The molecule has 0 amide bonds. The Morgan fingerprint density at radius 3 is 2.36 bits per heavy atom. The monoisotopic (exact) mass is 531 g/mol. The van der Waals surface area contributed by atoms with Crippen molar-refractivity contribution in [1.29, 1.82) is 0 Å². The van der Waals surface area contributed by atoms with Crippen molar-refractivity contribution in [3.05, 3.63) is 102 Å². The number of aromatic hydroxyl groups is 2. The van der Waals surface area contributed by atoms with E-state index in [0.29, 0.717) is 22.0 Å². The number of phenolic OH excluding ortho intramolecular Hbond substituents is 1. The van der Waals surface area contributed by atoms with E-state index in [0.717, 1.165) is 6.07 Å². The van der Waals surface area contributed by atoms with Crippen LogP contribution in [0.3, 0.4) is 0 Å². The molecule has 0 spiro atoms. The minimum Gasteiger partial charge on any atom is -0.505 e. The summed E-state index contributed by atoms with van der Waals surface area (Å²) in [4.78, 5) is 11.3. The van der Waals surface area contributed by atoms with Crippen molar-refractivity contribution in [3.63, 3.8) is 0 Å². The van der Waals surface area contributed by atoms with Gasteiger partial charge in [-0.05, 0) is 54.4 Å². The number of hydrogen-bond acceptors (Lipinski definition) is 5. The number of alkyl halides is 3. The number of azo groups is 1. The topological polar surface area (TPSA) is 107 Å². The van der Waals surface area contributed by atoms with Gasteiger partial charge in [-0.25, -0.2) is 4.79 Å². The number of aromatic nitrogens is 1. The molecular formula is C29H20F3N3O4. The van der Waals surface area contributed by atoms with Crippen LogP contribution in [0.5, 0.6) is 11.6 Å². The summed E-state index contributed by atoms with van der Waals surface area (Å²) in [6.07, 6.45) is -4.58. The maximum absolute atomic E-state index is 13.6. The van der Waals surface area contributed by atoms with Gasteiger partial charge < -0.3 is 15.3 Å². The van der Waals surface area contributed by atoms with Crippen molar-refractivity contribution in [2.24, 2.45) is 10.2 Å². The summed E-state index contributed by atoms with van der Waals surface area (Å²) in [5.74, 6) is -1.81. The summed E-state index contributed by atoms with van der Waals surface area (Å²) >= 11 is 0. The Kier molecular flexibility index (Phi) is 6.31. The molecule has 0 unspecified atom stereocenters. The molecule has 0 atom stereocenters. The minimum atomic E-state index is -4.58. The molecule has 7 nitrogen and oxygen atoms in total. The van der Waals surface area contributed by atoms with Crippen molar-refractivity contribution in [2.75, 3.05) is 0 Å². The van der Waals surface area contributed by atoms with Crippen LogP contribution in [0.4, 0.5) is 24.5 Å². The Morgan fingerprint density at radius 2 is 1.62 bits per heavy atom. The number of carbonyl (C=O) groups is 1. The molecule has 0 radical (unpaired) electrons. The standard InChI is InChI=1S/C29H20F3N3O4/c1-16-12-13-19(15-22(16)29(30,31)32)35-24-11-3-2-8-21(24)25(27(35)37)34-33-23-10-5-9-20(26(23)36)17-6-4-7-18(14-17)28(38)39/h2-15,36-37H,1H3,(H,38,39). The zero-order valence-electron chi connectivity index (χ0n) is 20.3. The lowest BCUT2D eigenvalue weighted by Gasteiger charge is -2.14. The summed E-state index contributed by atoms with van der Waals surface area (Å²) < 4.78 is 42.0. The molecule has 5 rings (SSSR count). The lowest BCUT2D eigenvalue weighted by Crippen LogP contribution is -2.08. The molecule has 0 bridgehead atoms. The van der Waals surface area contributed by atoms with Crippen LogP contribution in [0.15, 0.2) is 95.2 Å². The van der Waals surface area contributed by atoms with Crippen LogP contribution < -0.4 is 0 Å². The summed E-state index contributed by atoms with van der Waals surface area (Å²) in [5.41, 5.74) is 0.568. The van der Waals surface area contributed by atoms with Gasteiger partial charge in [-0.15, -0.1) is 10.2 Å². The second-order valence-electron chi connectivity index (χ2n) is 8.78. The number of carboxylic acids is 1. The summed E-state index contributed by atoms with van der Waals surface area (Å²) in [7, 11) is 0. The maximum Gasteiger partial charge on any atom is 0.416 e. The van der Waals surface area contributed by atoms with Gasteiger partial charge in [0.2, 0.25) is 5.88 Å². The quantitative estimate of drug-likeness (QED) is 0.199. The molecule has 0 aliphatic rings. The van der Waals surface area contributed by atoms with E-state index < -0.39 is 23.6 Å². The van der Waals surface area contributed by atoms with Crippen LogP contribution in [-0.4, -0.2) is 25.9 Å². The number of carboxylic acid groups (broad SMARTS) is 1. The normalized spacial score (nSPS) is 11.9. The fraction of sp³-hybridized carbons (Fsp3) is 0.0690. The molecule has 0 aliphatic heterocycles. The van der Waals surface area contributed by atoms with Gasteiger partial charge in [0.1, 0.15) is 5.69 Å². The number of fused-ring (bicyclic) bond motifs is 1. The Labute approximate surface area is 219 Å². The molecule has 3 N–H and O–H groups in total. The van der Waals surface area contributed by atoms with Crippen molar-refractivity contribution < 1.29 is 33.3 Å². The highest BCUT2D eigenvalue weighted by Crippen LogP contribution is 2.44. The number of phenols is 1. The van der Waals surface area contributed by atoms with Crippen LogP contribution in [0.2, 0.25) is 0 Å². The van der Waals surface area contributed by atoms with Crippen LogP contribution >= 0.6 is 0 Å². The van der Waals surface area contributed by atoms with Gasteiger partial charge >= 0.3 is 12.1 Å². The molecule has 0 aliphatic carbocycles. The smallest absolute Gasteiger partial charge is 0.416 e. The second kappa shape index (κ2) is 9.64. The number of halogens is 3. The summed E-state index contributed by atoms with van der Waals surface area (Å²) in [6.45, 7) is 1.36. The first-order valence-electron chi connectivity index (χ1n) is 11.6. The van der Waals surface area contributed by atoms with E-state index >= 15 is 0 Å². The van der Waals surface area contributed by atoms with E-state index in [-0.39, 0.29) is 33.9 Å². The predicted molar refractivity (Wildman–Crippen MR) is 139 cm³/mol. The SMILES string of the molecule is Cc1ccc(-n2c(O)c(N=Nc3cccc(-c4cccc(C(=O)O)c4)c3O)c3ccccc32)cc1C(F)(F)F. The minimum absolute atomic E-state index is 0.00240. The number of aryl methyl sites for hydroxylation is 1. The lowest BCUT2D eigenvalue weighted by atomic mass is 10.0. The van der Waals surface area contributed by atoms with E-state index in [1.54, 1.807) is 48.5 Å². The van der Waals surface area contributed by atoms with Gasteiger partial charge in [0.25, 0.3) is 0 Å². The lowest BCUT2D eigenvalue weighted by molar-refractivity contribution is -0.138. The van der Waals surface area contributed by atoms with Crippen molar-refractivity contribution in [2.45, 2.75) is 13.1 Å². The van der Waals surface area contributed by atoms with Gasteiger partial charge in [-0.2, -0.15) is 13.2 Å². The van der Waals surface area contributed by atoms with Gasteiger partial charge in [0.15, 0.2) is 11.4 Å². The van der Waals surface area contributed by atoms with Gasteiger partial charge in [0.05, 0.1) is 16.6 Å². The maximum atomic E-state index is 13.6. The molecule has 196 valence electrons. The molecule has 5 aromatic rings. The van der Waals surface area contributed by atoms with Crippen molar-refractivity contribution in [3.8, 4) is 28.4 Å². The molecule has 1 aromatic heterocycles. The largest absolute Gasteiger partial charge is 0.505 e. The number of rotatable bonds is 5. The fourth-order valence-electron chi connectivity index (χ4n) is 4.39. The zero-order valence-corrected chi connectivity index (χ0v) is 20.3. The van der Waals surface area contributed by atoms with Crippen molar-refractivity contribution >= 4 is 28.2 Å². The molecule has 0 fully saturated rings. The Morgan fingerprint density at radius 1 is 0.872 bits per heavy atom. The molecule has 10 heteroatoms. The summed E-state index contributed by atoms with van der Waals surface area (Å²) in [6, 6.07) is 21.1. The molecular weight excluding hydrogens is 511 g/mol. The van der Waals surface area contributed by atoms with E-state index in [1.165, 1.54) is 41.8 Å². The Hall–Kier alpha value is -5.12. The third kappa shape index (κ3) is 4.68. The summed E-state index contributed by atoms with van der Waals surface area (Å²) in [5, 5.41) is 40.0. The first kappa shape index (κ1) is 25.5. The van der Waals surface area contributed by atoms with E-state index in [9.17, 15) is 33.3 Å². The highest BCUT2D eigenvalue weighted by molar-refractivity contribution is 5.96. The van der Waals surface area contributed by atoms with Crippen LogP contribution in [0.25, 0.3) is 27.7 Å². The third-order valence-corrected chi connectivity index (χ3v) is 6.30. The first-order valence-corrected chi connectivity index (χ1v) is 11.6. The van der Waals surface area contributed by atoms with Gasteiger partial charge in [-0.1, -0.05) is 48.5 Å². The van der Waals surface area contributed by atoms with Gasteiger partial charge in [0, 0.05) is 16.6 Å². The zero-order chi connectivity index (χ0) is 27.9. The number of aromatic carboxylic acids is 1. The number of hydrogen-bond donors (Lipinski definition) is 3. The van der Waals surface area contributed by atoms with Crippen molar-refractivity contribution in [1.82, 2.24) is 4.57 Å². The number of nitrogens with zero attached hydrogens (tertiary/aromatic N) is 3. The highest BCUT2D eigenvalue weighted by atomic mass is 19.4. The molecule has 4 aromatic carbocycles. The van der Waals surface area contributed by atoms with E-state index in [1.807, 2.05) is 0 Å². The third-order valence-electron chi connectivity index (χ3n) is 6.30. The number of benzene rings is 4. The Balaban J connectivity index is 1.61. The number of para-hydroxylation sites is 2. The van der Waals surface area contributed by atoms with E-state index in [4.69, 9.17) is 0 Å². The average molecular weight is 531 g/mol. The van der Waals surface area contributed by atoms with E-state index in [2.05, 4.69) is 10.2 Å². The first-order chi connectivity index (χ1) is 18.6. The molecule has 1 heterocycles. The molecule has 0 saturated heterocycles. The molecule has 39 heavy (non-hydrogen) atoms. The molecule has 0 saturated carbocycles. The predicted octanol–water partition coefficient (Wildman–Crippen LogP) is 8.15. The Bertz CT molecular complexity index is 1770. The highest BCUT2D eigenvalue weighted by Gasteiger charge is 2.33. The van der Waals surface area contributed by atoms with Crippen LogP contribution in [0, 0.1) is 6.92 Å². The van der Waals surface area contributed by atoms with Crippen LogP contribution in [0.1, 0.15) is 21.5 Å². The fourth-order valence-corrected chi connectivity index (χ4v) is 4.39. The van der Waals surface area contributed by atoms with Crippen LogP contribution in [-0.2, 0) is 6.18 Å². The average Bonchev–Trinajstić information content (AvgIpc) is 3.19.